The first-order valence-corrected chi connectivity index (χ1v) is 7.58. The fourth-order valence-corrected chi connectivity index (χ4v) is 3.50. The Hall–Kier alpha value is -1.97. The molecule has 2 aromatic heterocycles. The predicted octanol–water partition coefficient (Wildman–Crippen LogP) is 3.62. The number of carbonyl (C=O) groups is 1. The van der Waals surface area contributed by atoms with Crippen molar-refractivity contribution >= 4 is 16.9 Å². The van der Waals surface area contributed by atoms with E-state index < -0.39 is 5.97 Å². The lowest BCUT2D eigenvalue weighted by Crippen LogP contribution is -2.24. The molecule has 1 saturated carbocycles. The van der Waals surface area contributed by atoms with Gasteiger partial charge in [-0.15, -0.1) is 0 Å². The maximum absolute atomic E-state index is 11.1. The fourth-order valence-electron chi connectivity index (χ4n) is 3.50. The van der Waals surface area contributed by atoms with E-state index >= 15 is 0 Å². The third-order valence-electron chi connectivity index (χ3n) is 4.89. The fraction of sp³-hybridized carbons (Fsp3) is 0.471. The van der Waals surface area contributed by atoms with Crippen LogP contribution in [0.3, 0.4) is 0 Å². The molecular formula is C17H20N2O2. The Kier molecular flexibility index (Phi) is 3.86. The summed E-state index contributed by atoms with van der Waals surface area (Å²) in [5, 5.41) is 10.3. The average molecular weight is 284 g/mol. The highest BCUT2D eigenvalue weighted by molar-refractivity contribution is 5.81. The molecule has 0 spiro atoms. The van der Waals surface area contributed by atoms with Crippen LogP contribution in [0.4, 0.5) is 0 Å². The molecule has 0 saturated heterocycles. The van der Waals surface area contributed by atoms with Crippen LogP contribution in [-0.4, -0.2) is 21.0 Å². The molecule has 3 rings (SSSR count). The van der Waals surface area contributed by atoms with Gasteiger partial charge in [-0.1, -0.05) is 6.92 Å². The second-order valence-corrected chi connectivity index (χ2v) is 6.03. The Bertz CT molecular complexity index is 643. The molecule has 110 valence electrons. The number of nitrogens with zero attached hydrogens (tertiary/aromatic N) is 2. The van der Waals surface area contributed by atoms with Crippen LogP contribution in [0.1, 0.15) is 44.1 Å². The third kappa shape index (κ3) is 2.75. The third-order valence-corrected chi connectivity index (χ3v) is 4.89. The Morgan fingerprint density at radius 2 is 2.00 bits per heavy atom. The van der Waals surface area contributed by atoms with E-state index in [1.54, 1.807) is 6.20 Å². The minimum Gasteiger partial charge on any atom is -0.481 e. The van der Waals surface area contributed by atoms with Crippen LogP contribution in [0, 0.1) is 11.8 Å². The highest BCUT2D eigenvalue weighted by Crippen LogP contribution is 2.40. The largest absolute Gasteiger partial charge is 0.481 e. The summed E-state index contributed by atoms with van der Waals surface area (Å²) in [6.45, 7) is 1.83. The lowest BCUT2D eigenvalue weighted by molar-refractivity contribution is -0.143. The standard InChI is InChI=1S/C17H20N2O2/c1-11(17(20)21)12-2-4-13(5-3-12)14-6-9-19-16-7-8-18-10-15(14)16/h6-13H,2-5H2,1H3,(H,20,21)/t11-,12?,13?/m0/s1. The first kappa shape index (κ1) is 14.0. The number of aromatic nitrogens is 2. The average Bonchev–Trinajstić information content (AvgIpc) is 2.53. The number of fused-ring (bicyclic) bond motifs is 1. The van der Waals surface area contributed by atoms with Gasteiger partial charge in [0, 0.05) is 24.0 Å². The first-order chi connectivity index (χ1) is 10.2. The topological polar surface area (TPSA) is 63.1 Å². The number of hydrogen-bond acceptors (Lipinski definition) is 3. The highest BCUT2D eigenvalue weighted by Gasteiger charge is 2.29. The van der Waals surface area contributed by atoms with Crippen molar-refractivity contribution in [3.05, 3.63) is 36.3 Å². The molecule has 2 aromatic rings. The molecule has 1 atom stereocenters. The number of pyridine rings is 2. The Labute approximate surface area is 124 Å². The van der Waals surface area contributed by atoms with Crippen LogP contribution in [0.15, 0.2) is 30.7 Å². The molecular weight excluding hydrogens is 264 g/mol. The summed E-state index contributed by atoms with van der Waals surface area (Å²) in [5.74, 6) is -0.0965. The van der Waals surface area contributed by atoms with E-state index in [0.717, 1.165) is 36.6 Å². The van der Waals surface area contributed by atoms with Crippen molar-refractivity contribution in [2.75, 3.05) is 0 Å². The van der Waals surface area contributed by atoms with E-state index in [4.69, 9.17) is 5.11 Å². The summed E-state index contributed by atoms with van der Waals surface area (Å²) in [5.41, 5.74) is 2.30. The van der Waals surface area contributed by atoms with Crippen LogP contribution in [0.5, 0.6) is 0 Å². The van der Waals surface area contributed by atoms with Gasteiger partial charge in [0.1, 0.15) is 0 Å². The molecule has 4 nitrogen and oxygen atoms in total. The molecule has 21 heavy (non-hydrogen) atoms. The molecule has 0 radical (unpaired) electrons. The van der Waals surface area contributed by atoms with Gasteiger partial charge in [-0.25, -0.2) is 0 Å². The van der Waals surface area contributed by atoms with Crippen LogP contribution in [0.25, 0.3) is 10.9 Å². The van der Waals surface area contributed by atoms with Gasteiger partial charge in [0.15, 0.2) is 0 Å². The minimum absolute atomic E-state index is 0.234. The molecule has 0 amide bonds. The molecule has 4 heteroatoms. The van der Waals surface area contributed by atoms with Crippen molar-refractivity contribution in [1.29, 1.82) is 0 Å². The van der Waals surface area contributed by atoms with E-state index in [2.05, 4.69) is 16.0 Å². The van der Waals surface area contributed by atoms with E-state index in [1.807, 2.05) is 25.4 Å². The molecule has 1 aliphatic carbocycles. The zero-order chi connectivity index (χ0) is 14.8. The Balaban J connectivity index is 1.79. The summed E-state index contributed by atoms with van der Waals surface area (Å²) in [6, 6.07) is 4.03. The molecule has 0 bridgehead atoms. The lowest BCUT2D eigenvalue weighted by atomic mass is 9.74. The van der Waals surface area contributed by atoms with Crippen molar-refractivity contribution < 1.29 is 9.90 Å². The summed E-state index contributed by atoms with van der Waals surface area (Å²) in [6.07, 6.45) is 9.61. The minimum atomic E-state index is -0.669. The van der Waals surface area contributed by atoms with E-state index in [9.17, 15) is 4.79 Å². The monoisotopic (exact) mass is 284 g/mol. The van der Waals surface area contributed by atoms with Gasteiger partial charge in [0.05, 0.1) is 11.4 Å². The second-order valence-electron chi connectivity index (χ2n) is 6.03. The number of rotatable bonds is 3. The quantitative estimate of drug-likeness (QED) is 0.935. The molecule has 2 heterocycles. The number of carboxylic acids is 1. The number of hydrogen-bond donors (Lipinski definition) is 1. The van der Waals surface area contributed by atoms with Gasteiger partial charge < -0.3 is 5.11 Å². The van der Waals surface area contributed by atoms with Crippen molar-refractivity contribution in [1.82, 2.24) is 9.97 Å². The van der Waals surface area contributed by atoms with Crippen molar-refractivity contribution in [3.63, 3.8) is 0 Å². The van der Waals surface area contributed by atoms with Crippen LogP contribution in [0.2, 0.25) is 0 Å². The molecule has 0 aromatic carbocycles. The second kappa shape index (κ2) is 5.80. The lowest BCUT2D eigenvalue weighted by Gasteiger charge is -2.31. The highest BCUT2D eigenvalue weighted by atomic mass is 16.4. The van der Waals surface area contributed by atoms with Gasteiger partial charge in [0.25, 0.3) is 0 Å². The molecule has 0 aliphatic heterocycles. The van der Waals surface area contributed by atoms with E-state index in [-0.39, 0.29) is 5.92 Å². The number of carboxylic acid groups (broad SMARTS) is 1. The van der Waals surface area contributed by atoms with Gasteiger partial charge in [0.2, 0.25) is 0 Å². The number of aliphatic carboxylic acids is 1. The SMILES string of the molecule is C[C@H](C(=O)O)C1CCC(c2ccnc3ccncc23)CC1. The zero-order valence-corrected chi connectivity index (χ0v) is 12.2. The Morgan fingerprint density at radius 1 is 1.24 bits per heavy atom. The summed E-state index contributed by atoms with van der Waals surface area (Å²) < 4.78 is 0. The van der Waals surface area contributed by atoms with Gasteiger partial charge >= 0.3 is 5.97 Å². The summed E-state index contributed by atoms with van der Waals surface area (Å²) in [4.78, 5) is 19.7. The zero-order valence-electron chi connectivity index (χ0n) is 12.2. The molecule has 1 N–H and O–H groups in total. The molecule has 1 fully saturated rings. The van der Waals surface area contributed by atoms with E-state index in [1.165, 1.54) is 5.56 Å². The summed E-state index contributed by atoms with van der Waals surface area (Å²) in [7, 11) is 0. The van der Waals surface area contributed by atoms with Crippen LogP contribution < -0.4 is 0 Å². The van der Waals surface area contributed by atoms with Crippen LogP contribution >= 0.6 is 0 Å². The maximum Gasteiger partial charge on any atom is 0.306 e. The predicted molar refractivity (Wildman–Crippen MR) is 81.0 cm³/mol. The maximum atomic E-state index is 11.1. The van der Waals surface area contributed by atoms with Gasteiger partial charge in [-0.05, 0) is 55.2 Å². The molecule has 1 aliphatic rings. The smallest absolute Gasteiger partial charge is 0.306 e. The van der Waals surface area contributed by atoms with Gasteiger partial charge in [-0.2, -0.15) is 0 Å². The van der Waals surface area contributed by atoms with Crippen molar-refractivity contribution in [2.24, 2.45) is 11.8 Å². The first-order valence-electron chi connectivity index (χ1n) is 7.58. The van der Waals surface area contributed by atoms with Crippen LogP contribution in [-0.2, 0) is 4.79 Å². The normalized spacial score (nSPS) is 23.9. The van der Waals surface area contributed by atoms with Gasteiger partial charge in [-0.3, -0.25) is 14.8 Å². The van der Waals surface area contributed by atoms with Crippen molar-refractivity contribution in [3.8, 4) is 0 Å². The summed E-state index contributed by atoms with van der Waals surface area (Å²) >= 11 is 0. The van der Waals surface area contributed by atoms with E-state index in [0.29, 0.717) is 11.8 Å². The molecule has 0 unspecified atom stereocenters. The Morgan fingerprint density at radius 3 is 2.71 bits per heavy atom. The van der Waals surface area contributed by atoms with Crippen molar-refractivity contribution in [2.45, 2.75) is 38.5 Å².